The van der Waals surface area contributed by atoms with Crippen LogP contribution in [0.4, 0.5) is 0 Å². The van der Waals surface area contributed by atoms with Crippen LogP contribution in [0.5, 0.6) is 0 Å². The normalized spacial score (nSPS) is 11.1. The third-order valence-electron chi connectivity index (χ3n) is 4.01. The number of unbranched alkanes of at least 4 members (excludes halogenated alkanes) is 1. The SMILES string of the molecule is Cc1ccc(/C=C/C(=O)OCCCCOC(=O)/C=C/c2ccc(C)cc2)cc1. The molecule has 0 aliphatic rings. The average Bonchev–Trinajstić information content (AvgIpc) is 2.69. The summed E-state index contributed by atoms with van der Waals surface area (Å²) < 4.78 is 10.3. The molecule has 0 N–H and O–H groups in total. The second-order valence-corrected chi connectivity index (χ2v) is 6.53. The van der Waals surface area contributed by atoms with Gasteiger partial charge in [0.05, 0.1) is 13.2 Å². The first-order valence-electron chi connectivity index (χ1n) is 9.36. The number of hydrogen-bond acceptors (Lipinski definition) is 4. The van der Waals surface area contributed by atoms with Crippen LogP contribution >= 0.6 is 0 Å². The fourth-order valence-corrected chi connectivity index (χ4v) is 2.33. The van der Waals surface area contributed by atoms with Gasteiger partial charge in [0.25, 0.3) is 0 Å². The summed E-state index contributed by atoms with van der Waals surface area (Å²) in [5.41, 5.74) is 4.25. The van der Waals surface area contributed by atoms with E-state index < -0.39 is 0 Å². The predicted octanol–water partition coefficient (Wildman–Crippen LogP) is 4.90. The molecule has 0 saturated heterocycles. The van der Waals surface area contributed by atoms with E-state index in [0.29, 0.717) is 26.1 Å². The molecule has 0 spiro atoms. The van der Waals surface area contributed by atoms with Crippen LogP contribution in [0.2, 0.25) is 0 Å². The fourth-order valence-electron chi connectivity index (χ4n) is 2.33. The molecule has 28 heavy (non-hydrogen) atoms. The van der Waals surface area contributed by atoms with Crippen molar-refractivity contribution >= 4 is 24.1 Å². The summed E-state index contributed by atoms with van der Waals surface area (Å²) in [6, 6.07) is 15.7. The van der Waals surface area contributed by atoms with Crippen LogP contribution in [-0.4, -0.2) is 25.2 Å². The number of hydrogen-bond donors (Lipinski definition) is 0. The molecule has 4 nitrogen and oxygen atoms in total. The molecule has 0 unspecified atom stereocenters. The summed E-state index contributed by atoms with van der Waals surface area (Å²) in [5.74, 6) is -0.753. The highest BCUT2D eigenvalue weighted by atomic mass is 16.5. The van der Waals surface area contributed by atoms with Crippen molar-refractivity contribution in [2.24, 2.45) is 0 Å². The maximum absolute atomic E-state index is 11.7. The Kier molecular flexibility index (Phi) is 8.73. The quantitative estimate of drug-likeness (QED) is 0.354. The van der Waals surface area contributed by atoms with Crippen molar-refractivity contribution in [1.29, 1.82) is 0 Å². The van der Waals surface area contributed by atoms with E-state index in [9.17, 15) is 9.59 Å². The van der Waals surface area contributed by atoms with Crippen molar-refractivity contribution < 1.29 is 19.1 Å². The summed E-state index contributed by atoms with van der Waals surface area (Å²) in [7, 11) is 0. The van der Waals surface area contributed by atoms with Crippen LogP contribution in [0.15, 0.2) is 60.7 Å². The summed E-state index contributed by atoms with van der Waals surface area (Å²) >= 11 is 0. The van der Waals surface area contributed by atoms with E-state index in [1.165, 1.54) is 23.3 Å². The van der Waals surface area contributed by atoms with Gasteiger partial charge < -0.3 is 9.47 Å². The van der Waals surface area contributed by atoms with Crippen molar-refractivity contribution in [1.82, 2.24) is 0 Å². The Hall–Kier alpha value is -3.14. The van der Waals surface area contributed by atoms with Gasteiger partial charge >= 0.3 is 11.9 Å². The lowest BCUT2D eigenvalue weighted by Gasteiger charge is -2.03. The number of aryl methyl sites for hydroxylation is 2. The number of carbonyl (C=O) groups excluding carboxylic acids is 2. The molecule has 2 aromatic rings. The molecule has 0 atom stereocenters. The number of ether oxygens (including phenoxy) is 2. The van der Waals surface area contributed by atoms with Gasteiger partial charge in [0.1, 0.15) is 0 Å². The van der Waals surface area contributed by atoms with Gasteiger partial charge in [0.2, 0.25) is 0 Å². The lowest BCUT2D eigenvalue weighted by molar-refractivity contribution is -0.140. The number of esters is 2. The van der Waals surface area contributed by atoms with Gasteiger partial charge in [-0.05, 0) is 50.0 Å². The molecule has 0 amide bonds. The van der Waals surface area contributed by atoms with Gasteiger partial charge in [-0.1, -0.05) is 59.7 Å². The Balaban J connectivity index is 1.56. The Labute approximate surface area is 166 Å². The van der Waals surface area contributed by atoms with Crippen molar-refractivity contribution in [3.05, 3.63) is 82.9 Å². The Morgan fingerprint density at radius 2 is 1.04 bits per heavy atom. The third-order valence-corrected chi connectivity index (χ3v) is 4.01. The van der Waals surface area contributed by atoms with Crippen LogP contribution in [-0.2, 0) is 19.1 Å². The summed E-state index contributed by atoms with van der Waals surface area (Å²) in [6.07, 6.45) is 7.56. The zero-order valence-corrected chi connectivity index (χ0v) is 16.4. The van der Waals surface area contributed by atoms with Gasteiger partial charge in [-0.25, -0.2) is 9.59 Å². The Morgan fingerprint density at radius 1 is 0.679 bits per heavy atom. The lowest BCUT2D eigenvalue weighted by atomic mass is 10.1. The minimum atomic E-state index is -0.376. The van der Waals surface area contributed by atoms with Crippen molar-refractivity contribution in [2.45, 2.75) is 26.7 Å². The van der Waals surface area contributed by atoms with Crippen molar-refractivity contribution in [3.8, 4) is 0 Å². The lowest BCUT2D eigenvalue weighted by Crippen LogP contribution is -2.06. The zero-order chi connectivity index (χ0) is 20.2. The van der Waals surface area contributed by atoms with E-state index in [1.54, 1.807) is 12.2 Å². The minimum absolute atomic E-state index is 0.299. The molecule has 146 valence electrons. The maximum atomic E-state index is 11.7. The van der Waals surface area contributed by atoms with E-state index >= 15 is 0 Å². The summed E-state index contributed by atoms with van der Waals surface area (Å²) in [4.78, 5) is 23.3. The van der Waals surface area contributed by atoms with Crippen LogP contribution in [0.1, 0.15) is 35.1 Å². The number of carbonyl (C=O) groups is 2. The van der Waals surface area contributed by atoms with E-state index in [0.717, 1.165) is 11.1 Å². The molecular formula is C24H26O4. The molecule has 0 aromatic heterocycles. The van der Waals surface area contributed by atoms with Crippen molar-refractivity contribution in [2.75, 3.05) is 13.2 Å². The molecule has 0 saturated carbocycles. The van der Waals surface area contributed by atoms with Crippen molar-refractivity contribution in [3.63, 3.8) is 0 Å². The van der Waals surface area contributed by atoms with E-state index in [-0.39, 0.29) is 11.9 Å². The first-order valence-corrected chi connectivity index (χ1v) is 9.36. The van der Waals surface area contributed by atoms with Crippen LogP contribution in [0.3, 0.4) is 0 Å². The second-order valence-electron chi connectivity index (χ2n) is 6.53. The Morgan fingerprint density at radius 3 is 1.39 bits per heavy atom. The fraction of sp³-hybridized carbons (Fsp3) is 0.250. The van der Waals surface area contributed by atoms with Gasteiger partial charge in [0, 0.05) is 12.2 Å². The maximum Gasteiger partial charge on any atom is 0.330 e. The summed E-state index contributed by atoms with van der Waals surface area (Å²) in [5, 5.41) is 0. The monoisotopic (exact) mass is 378 g/mol. The van der Waals surface area contributed by atoms with Gasteiger partial charge in [-0.3, -0.25) is 0 Å². The third kappa shape index (κ3) is 8.49. The molecule has 0 aliphatic carbocycles. The van der Waals surface area contributed by atoms with Gasteiger partial charge in [0.15, 0.2) is 0 Å². The predicted molar refractivity (Wildman–Crippen MR) is 112 cm³/mol. The molecular weight excluding hydrogens is 352 g/mol. The van der Waals surface area contributed by atoms with Crippen LogP contribution < -0.4 is 0 Å². The topological polar surface area (TPSA) is 52.6 Å². The molecule has 0 fully saturated rings. The molecule has 4 heteroatoms. The smallest absolute Gasteiger partial charge is 0.330 e. The molecule has 0 heterocycles. The molecule has 0 aliphatic heterocycles. The number of rotatable bonds is 9. The first-order chi connectivity index (χ1) is 13.5. The number of benzene rings is 2. The highest BCUT2D eigenvalue weighted by Gasteiger charge is 2.00. The largest absolute Gasteiger partial charge is 0.463 e. The van der Waals surface area contributed by atoms with Gasteiger partial charge in [-0.15, -0.1) is 0 Å². The van der Waals surface area contributed by atoms with Crippen LogP contribution in [0.25, 0.3) is 12.2 Å². The molecule has 0 radical (unpaired) electrons. The average molecular weight is 378 g/mol. The highest BCUT2D eigenvalue weighted by molar-refractivity contribution is 5.87. The van der Waals surface area contributed by atoms with E-state index in [1.807, 2.05) is 62.4 Å². The first kappa shape index (κ1) is 21.2. The Bertz CT molecular complexity index is 743. The molecule has 2 aromatic carbocycles. The standard InChI is InChI=1S/C24H26O4/c1-19-5-9-21(10-6-19)13-15-23(25)27-17-3-4-18-28-24(26)16-14-22-11-7-20(2)8-12-22/h5-16H,3-4,17-18H2,1-2H3/b15-13+,16-14+. The van der Waals surface area contributed by atoms with Crippen LogP contribution in [0, 0.1) is 13.8 Å². The molecule has 0 bridgehead atoms. The highest BCUT2D eigenvalue weighted by Crippen LogP contribution is 2.06. The minimum Gasteiger partial charge on any atom is -0.463 e. The zero-order valence-electron chi connectivity index (χ0n) is 16.4. The van der Waals surface area contributed by atoms with E-state index in [2.05, 4.69) is 0 Å². The molecule has 2 rings (SSSR count). The second kappa shape index (κ2) is 11.5. The van der Waals surface area contributed by atoms with Gasteiger partial charge in [-0.2, -0.15) is 0 Å². The van der Waals surface area contributed by atoms with E-state index in [4.69, 9.17) is 9.47 Å². The summed E-state index contributed by atoms with van der Waals surface area (Å²) in [6.45, 7) is 4.63.